The molecule has 6 nitrogen and oxygen atoms in total. The van der Waals surface area contributed by atoms with Crippen LogP contribution in [0.25, 0.3) is 0 Å². The average Bonchev–Trinajstić information content (AvgIpc) is 2.86. The lowest BCUT2D eigenvalue weighted by Crippen LogP contribution is -2.46. The third-order valence-electron chi connectivity index (χ3n) is 5.02. The topological polar surface area (TPSA) is 79.5 Å². The van der Waals surface area contributed by atoms with E-state index >= 15 is 0 Å². The van der Waals surface area contributed by atoms with Crippen LogP contribution < -0.4 is 20.7 Å². The number of hydrogen-bond acceptors (Lipinski definition) is 3. The van der Waals surface area contributed by atoms with E-state index < -0.39 is 12.1 Å². The fourth-order valence-corrected chi connectivity index (χ4v) is 3.40. The molecule has 0 radical (unpaired) electrons. The molecule has 4 aromatic carbocycles. The van der Waals surface area contributed by atoms with Crippen molar-refractivity contribution in [2.45, 2.75) is 12.5 Å². The van der Waals surface area contributed by atoms with Gasteiger partial charge in [-0.25, -0.2) is 4.79 Å². The van der Waals surface area contributed by atoms with Gasteiger partial charge in [0.15, 0.2) is 0 Å². The lowest BCUT2D eigenvalue weighted by molar-refractivity contribution is -0.117. The highest BCUT2D eigenvalue weighted by Crippen LogP contribution is 2.23. The van der Waals surface area contributed by atoms with E-state index in [1.54, 1.807) is 30.3 Å². The molecule has 34 heavy (non-hydrogen) atoms. The molecule has 0 bridgehead atoms. The predicted octanol–water partition coefficient (Wildman–Crippen LogP) is 5.85. The first kappa shape index (κ1) is 22.6. The van der Waals surface area contributed by atoms with E-state index in [9.17, 15) is 9.59 Å². The Bertz CT molecular complexity index is 1220. The fourth-order valence-electron chi connectivity index (χ4n) is 3.40. The van der Waals surface area contributed by atoms with E-state index in [0.717, 1.165) is 5.56 Å². The molecule has 4 aromatic rings. The van der Waals surface area contributed by atoms with Gasteiger partial charge in [0, 0.05) is 23.9 Å². The molecule has 1 atom stereocenters. The molecule has 4 rings (SSSR count). The molecule has 0 spiro atoms. The normalized spacial score (nSPS) is 11.2. The van der Waals surface area contributed by atoms with Crippen LogP contribution in [0, 0.1) is 0 Å². The summed E-state index contributed by atoms with van der Waals surface area (Å²) in [4.78, 5) is 25.8. The lowest BCUT2D eigenvalue weighted by atomic mass is 10.1. The molecule has 0 aromatic heterocycles. The Morgan fingerprint density at radius 3 is 1.94 bits per heavy atom. The van der Waals surface area contributed by atoms with Gasteiger partial charge in [-0.15, -0.1) is 0 Å². The molecule has 0 aliphatic rings. The Labute approximate surface area is 198 Å². The molecule has 0 heterocycles. The maximum Gasteiger partial charge on any atom is 0.319 e. The van der Waals surface area contributed by atoms with Crippen molar-refractivity contribution < 1.29 is 14.3 Å². The van der Waals surface area contributed by atoms with Crippen LogP contribution in [0.2, 0.25) is 0 Å². The first-order chi connectivity index (χ1) is 16.7. The number of amides is 3. The fraction of sp³-hybridized carbons (Fsp3) is 0.0714. The number of carbonyl (C=O) groups excluding carboxylic acids is 2. The summed E-state index contributed by atoms with van der Waals surface area (Å²) in [6.45, 7) is 0. The summed E-state index contributed by atoms with van der Waals surface area (Å²) in [5, 5.41) is 8.46. The average molecular weight is 452 g/mol. The molecule has 6 heteroatoms. The van der Waals surface area contributed by atoms with Crippen molar-refractivity contribution in [1.82, 2.24) is 5.32 Å². The summed E-state index contributed by atoms with van der Waals surface area (Å²) in [5.41, 5.74) is 2.15. The number of anilines is 2. The Balaban J connectivity index is 1.43. The first-order valence-corrected chi connectivity index (χ1v) is 11.0. The number of benzene rings is 4. The van der Waals surface area contributed by atoms with Gasteiger partial charge in [0.1, 0.15) is 17.5 Å². The summed E-state index contributed by atoms with van der Waals surface area (Å²) >= 11 is 0. The number of nitrogens with one attached hydrogen (secondary N) is 3. The molecular formula is C28H25N3O3. The van der Waals surface area contributed by atoms with Gasteiger partial charge in [-0.3, -0.25) is 4.79 Å². The maximum atomic E-state index is 13.0. The van der Waals surface area contributed by atoms with Gasteiger partial charge < -0.3 is 20.7 Å². The highest BCUT2D eigenvalue weighted by atomic mass is 16.5. The number of para-hydroxylation sites is 2. The minimum Gasteiger partial charge on any atom is -0.457 e. The summed E-state index contributed by atoms with van der Waals surface area (Å²) < 4.78 is 5.83. The van der Waals surface area contributed by atoms with Crippen LogP contribution in [0.4, 0.5) is 16.2 Å². The standard InChI is InChI=1S/C28H25N3O3/c32-27(29-22-13-6-2-7-14-22)26(19-21-11-4-1-5-12-21)31-28(33)30-23-15-10-18-25(20-23)34-24-16-8-3-9-17-24/h1-18,20,26H,19H2,(H,29,32)(H2,30,31,33). The number of rotatable bonds is 8. The highest BCUT2D eigenvalue weighted by molar-refractivity contribution is 5.99. The van der Waals surface area contributed by atoms with Gasteiger partial charge >= 0.3 is 6.03 Å². The van der Waals surface area contributed by atoms with Crippen LogP contribution in [-0.4, -0.2) is 18.0 Å². The SMILES string of the molecule is O=C(Nc1cccc(Oc2ccccc2)c1)NC(Cc1ccccc1)C(=O)Nc1ccccc1. The van der Waals surface area contributed by atoms with Crippen LogP contribution in [0.1, 0.15) is 5.56 Å². The van der Waals surface area contributed by atoms with Gasteiger partial charge in [0.25, 0.3) is 0 Å². The largest absolute Gasteiger partial charge is 0.457 e. The molecule has 170 valence electrons. The number of hydrogen-bond donors (Lipinski definition) is 3. The van der Waals surface area contributed by atoms with Gasteiger partial charge in [-0.2, -0.15) is 0 Å². The molecule has 1 unspecified atom stereocenters. The zero-order valence-electron chi connectivity index (χ0n) is 18.5. The third kappa shape index (κ3) is 6.71. The van der Waals surface area contributed by atoms with E-state index in [4.69, 9.17) is 4.74 Å². The summed E-state index contributed by atoms with van der Waals surface area (Å²) in [6.07, 6.45) is 0.351. The smallest absolute Gasteiger partial charge is 0.319 e. The summed E-state index contributed by atoms with van der Waals surface area (Å²) in [5.74, 6) is 0.989. The van der Waals surface area contributed by atoms with Crippen LogP contribution in [-0.2, 0) is 11.2 Å². The van der Waals surface area contributed by atoms with Crippen molar-refractivity contribution in [1.29, 1.82) is 0 Å². The Morgan fingerprint density at radius 1 is 0.647 bits per heavy atom. The summed E-state index contributed by atoms with van der Waals surface area (Å²) in [6, 6.07) is 33.9. The van der Waals surface area contributed by atoms with Crippen LogP contribution >= 0.6 is 0 Å². The molecule has 0 fully saturated rings. The minimum absolute atomic E-state index is 0.300. The van der Waals surface area contributed by atoms with Crippen molar-refractivity contribution in [2.75, 3.05) is 10.6 Å². The zero-order chi connectivity index (χ0) is 23.6. The van der Waals surface area contributed by atoms with Crippen LogP contribution in [0.3, 0.4) is 0 Å². The van der Waals surface area contributed by atoms with Crippen molar-refractivity contribution >= 4 is 23.3 Å². The number of carbonyl (C=O) groups is 2. The lowest BCUT2D eigenvalue weighted by Gasteiger charge is -2.19. The third-order valence-corrected chi connectivity index (χ3v) is 5.02. The van der Waals surface area contributed by atoms with Crippen LogP contribution in [0.15, 0.2) is 115 Å². The zero-order valence-corrected chi connectivity index (χ0v) is 18.5. The second-order valence-electron chi connectivity index (χ2n) is 7.64. The van der Waals surface area contributed by atoms with Gasteiger partial charge in [-0.1, -0.05) is 72.8 Å². The molecule has 3 amide bonds. The molecule has 0 aliphatic heterocycles. The Morgan fingerprint density at radius 2 is 1.24 bits per heavy atom. The van der Waals surface area contributed by atoms with E-state index in [1.807, 2.05) is 84.9 Å². The minimum atomic E-state index is -0.772. The van der Waals surface area contributed by atoms with Crippen molar-refractivity contribution in [3.63, 3.8) is 0 Å². The maximum absolute atomic E-state index is 13.0. The quantitative estimate of drug-likeness (QED) is 0.314. The van der Waals surface area contributed by atoms with Crippen molar-refractivity contribution in [3.05, 3.63) is 121 Å². The predicted molar refractivity (Wildman–Crippen MR) is 134 cm³/mol. The Hall–Kier alpha value is -4.58. The molecular weight excluding hydrogens is 426 g/mol. The highest BCUT2D eigenvalue weighted by Gasteiger charge is 2.21. The van der Waals surface area contributed by atoms with E-state index in [0.29, 0.717) is 29.3 Å². The van der Waals surface area contributed by atoms with Gasteiger partial charge in [-0.05, 0) is 42.0 Å². The Kier molecular flexibility index (Phi) is 7.54. The second-order valence-corrected chi connectivity index (χ2v) is 7.64. The number of ether oxygens (including phenoxy) is 1. The monoisotopic (exact) mass is 451 g/mol. The molecule has 0 aliphatic carbocycles. The number of urea groups is 1. The first-order valence-electron chi connectivity index (χ1n) is 11.0. The van der Waals surface area contributed by atoms with E-state index in [-0.39, 0.29) is 5.91 Å². The van der Waals surface area contributed by atoms with Crippen molar-refractivity contribution in [3.8, 4) is 11.5 Å². The molecule has 0 saturated carbocycles. The van der Waals surface area contributed by atoms with Gasteiger partial charge in [0.2, 0.25) is 5.91 Å². The second kappa shape index (κ2) is 11.3. The van der Waals surface area contributed by atoms with Crippen molar-refractivity contribution in [2.24, 2.45) is 0 Å². The summed E-state index contributed by atoms with van der Waals surface area (Å²) in [7, 11) is 0. The molecule has 3 N–H and O–H groups in total. The molecule has 0 saturated heterocycles. The van der Waals surface area contributed by atoms with Crippen LogP contribution in [0.5, 0.6) is 11.5 Å². The van der Waals surface area contributed by atoms with Gasteiger partial charge in [0.05, 0.1) is 0 Å². The van der Waals surface area contributed by atoms with E-state index in [1.165, 1.54) is 0 Å². The van der Waals surface area contributed by atoms with E-state index in [2.05, 4.69) is 16.0 Å².